The van der Waals surface area contributed by atoms with Gasteiger partial charge in [0.25, 0.3) is 11.5 Å². The van der Waals surface area contributed by atoms with E-state index in [0.29, 0.717) is 15.8 Å². The van der Waals surface area contributed by atoms with Gasteiger partial charge < -0.3 is 24.1 Å². The molecule has 0 saturated carbocycles. The third-order valence-corrected chi connectivity index (χ3v) is 5.59. The van der Waals surface area contributed by atoms with Crippen LogP contribution in [0, 0.1) is 6.92 Å². The number of aromatic nitrogens is 2. The van der Waals surface area contributed by atoms with E-state index in [4.69, 9.17) is 9.47 Å². The van der Waals surface area contributed by atoms with Crippen LogP contribution in [0.3, 0.4) is 0 Å². The van der Waals surface area contributed by atoms with Gasteiger partial charge in [0.2, 0.25) is 0 Å². The zero-order valence-electron chi connectivity index (χ0n) is 16.8. The molecule has 1 aromatic carbocycles. The zero-order chi connectivity index (χ0) is 22.9. The van der Waals surface area contributed by atoms with Gasteiger partial charge in [0, 0.05) is 19.2 Å². The van der Waals surface area contributed by atoms with Crippen molar-refractivity contribution < 1.29 is 32.6 Å². The Bertz CT molecular complexity index is 1240. The Morgan fingerprint density at radius 2 is 1.94 bits per heavy atom. The van der Waals surface area contributed by atoms with Crippen molar-refractivity contribution in [3.8, 4) is 11.5 Å². The molecule has 1 amide bonds. The highest BCUT2D eigenvalue weighted by atomic mass is 32.1. The minimum atomic E-state index is -3.16. The maximum Gasteiger partial charge on any atom is 0.387 e. The van der Waals surface area contributed by atoms with Crippen molar-refractivity contribution >= 4 is 39.1 Å². The summed E-state index contributed by atoms with van der Waals surface area (Å²) in [7, 11) is 3.87. The maximum atomic E-state index is 12.9. The topological polar surface area (TPSA) is 109 Å². The highest BCUT2D eigenvalue weighted by Gasteiger charge is 2.24. The Morgan fingerprint density at radius 1 is 1.23 bits per heavy atom. The Kier molecular flexibility index (Phi) is 6.20. The summed E-state index contributed by atoms with van der Waals surface area (Å²) in [5.74, 6) is -2.03. The molecule has 31 heavy (non-hydrogen) atoms. The number of esters is 1. The van der Waals surface area contributed by atoms with E-state index in [-0.39, 0.29) is 33.2 Å². The van der Waals surface area contributed by atoms with Gasteiger partial charge in [-0.05, 0) is 12.5 Å². The second kappa shape index (κ2) is 8.68. The number of hydrogen-bond donors (Lipinski definition) is 1. The van der Waals surface area contributed by atoms with Crippen molar-refractivity contribution in [1.29, 1.82) is 0 Å². The fourth-order valence-electron chi connectivity index (χ4n) is 2.89. The number of carbonyl (C=O) groups excluding carboxylic acids is 2. The predicted octanol–water partition coefficient (Wildman–Crippen LogP) is 2.95. The molecular formula is C19H17F2N3O6S. The SMILES string of the molecule is COC(=O)c1cc(OC)c(OC(F)F)cc1NC(=O)c1sc2ncn(C)c(=O)c2c1C. The summed E-state index contributed by atoms with van der Waals surface area (Å²) >= 11 is 0.988. The van der Waals surface area contributed by atoms with Crippen molar-refractivity contribution in [2.45, 2.75) is 13.5 Å². The van der Waals surface area contributed by atoms with Crippen molar-refractivity contribution in [3.05, 3.63) is 44.8 Å². The monoisotopic (exact) mass is 453 g/mol. The van der Waals surface area contributed by atoms with Gasteiger partial charge in [0.15, 0.2) is 11.5 Å². The summed E-state index contributed by atoms with van der Waals surface area (Å²) in [6, 6.07) is 2.16. The summed E-state index contributed by atoms with van der Waals surface area (Å²) in [4.78, 5) is 42.2. The maximum absolute atomic E-state index is 12.9. The van der Waals surface area contributed by atoms with Crippen LogP contribution in [0.4, 0.5) is 14.5 Å². The lowest BCUT2D eigenvalue weighted by Gasteiger charge is -2.15. The molecule has 0 radical (unpaired) electrons. The molecule has 0 bridgehead atoms. The van der Waals surface area contributed by atoms with E-state index < -0.39 is 18.5 Å². The van der Waals surface area contributed by atoms with Crippen LogP contribution in [-0.2, 0) is 11.8 Å². The fourth-order valence-corrected chi connectivity index (χ4v) is 3.93. The lowest BCUT2D eigenvalue weighted by Crippen LogP contribution is -2.18. The number of nitrogens with one attached hydrogen (secondary N) is 1. The zero-order valence-corrected chi connectivity index (χ0v) is 17.6. The average molecular weight is 453 g/mol. The van der Waals surface area contributed by atoms with Gasteiger partial charge in [0.05, 0.1) is 42.1 Å². The van der Waals surface area contributed by atoms with Gasteiger partial charge in [-0.1, -0.05) is 0 Å². The van der Waals surface area contributed by atoms with Crippen LogP contribution in [0.2, 0.25) is 0 Å². The number of aryl methyl sites for hydroxylation is 2. The Labute approximate surface area is 178 Å². The summed E-state index contributed by atoms with van der Waals surface area (Å²) in [6.07, 6.45) is 1.34. The number of methoxy groups -OCH3 is 2. The van der Waals surface area contributed by atoms with Gasteiger partial charge >= 0.3 is 12.6 Å². The first-order valence-electron chi connectivity index (χ1n) is 8.69. The first kappa shape index (κ1) is 22.2. The number of thiophene rings is 1. The minimum Gasteiger partial charge on any atom is -0.493 e. The van der Waals surface area contributed by atoms with E-state index in [1.54, 1.807) is 6.92 Å². The molecule has 2 aromatic heterocycles. The standard InChI is InChI=1S/C19H17F2N3O6S/c1-8-13-16(22-7-24(2)17(13)26)31-14(8)15(25)23-10-6-12(30-19(20)21)11(28-3)5-9(10)18(27)29-4/h5-7,19H,1-4H3,(H,23,25). The molecule has 9 nitrogen and oxygen atoms in total. The van der Waals surface area contributed by atoms with Gasteiger partial charge in [-0.2, -0.15) is 8.78 Å². The van der Waals surface area contributed by atoms with Crippen LogP contribution in [-0.4, -0.2) is 42.3 Å². The third-order valence-electron chi connectivity index (χ3n) is 4.39. The molecule has 2 heterocycles. The molecule has 3 rings (SSSR count). The van der Waals surface area contributed by atoms with Crippen molar-refractivity contribution in [2.24, 2.45) is 7.05 Å². The van der Waals surface area contributed by atoms with Gasteiger partial charge in [-0.25, -0.2) is 9.78 Å². The van der Waals surface area contributed by atoms with Crippen molar-refractivity contribution in [2.75, 3.05) is 19.5 Å². The Morgan fingerprint density at radius 3 is 2.55 bits per heavy atom. The lowest BCUT2D eigenvalue weighted by atomic mass is 10.1. The minimum absolute atomic E-state index is 0.133. The quantitative estimate of drug-likeness (QED) is 0.572. The first-order chi connectivity index (χ1) is 14.7. The van der Waals surface area contributed by atoms with Gasteiger partial charge in [-0.3, -0.25) is 9.59 Å². The molecule has 1 N–H and O–H groups in total. The van der Waals surface area contributed by atoms with E-state index in [9.17, 15) is 23.2 Å². The second-order valence-electron chi connectivity index (χ2n) is 6.27. The number of hydrogen-bond acceptors (Lipinski definition) is 8. The molecule has 12 heteroatoms. The van der Waals surface area contributed by atoms with Crippen molar-refractivity contribution in [1.82, 2.24) is 9.55 Å². The van der Waals surface area contributed by atoms with Crippen molar-refractivity contribution in [3.63, 3.8) is 0 Å². The van der Waals surface area contributed by atoms with Crippen LogP contribution in [0.5, 0.6) is 11.5 Å². The summed E-state index contributed by atoms with van der Waals surface area (Å²) < 4.78 is 40.9. The molecule has 0 atom stereocenters. The van der Waals surface area contributed by atoms with E-state index in [2.05, 4.69) is 15.0 Å². The number of benzene rings is 1. The number of rotatable bonds is 6. The third kappa shape index (κ3) is 4.19. The largest absolute Gasteiger partial charge is 0.493 e. The number of amides is 1. The molecule has 0 unspecified atom stereocenters. The molecule has 0 saturated heterocycles. The number of nitrogens with zero attached hydrogens (tertiary/aromatic N) is 2. The molecule has 0 spiro atoms. The van der Waals surface area contributed by atoms with Crippen LogP contribution < -0.4 is 20.3 Å². The lowest BCUT2D eigenvalue weighted by molar-refractivity contribution is -0.0511. The average Bonchev–Trinajstić information content (AvgIpc) is 3.07. The molecule has 3 aromatic rings. The number of anilines is 1. The fraction of sp³-hybridized carbons (Fsp3) is 0.263. The molecule has 0 aliphatic carbocycles. The van der Waals surface area contributed by atoms with Crippen LogP contribution in [0.1, 0.15) is 25.6 Å². The van der Waals surface area contributed by atoms with E-state index >= 15 is 0 Å². The number of alkyl halides is 2. The second-order valence-corrected chi connectivity index (χ2v) is 7.27. The number of halogens is 2. The van der Waals surface area contributed by atoms with Gasteiger partial charge in [0.1, 0.15) is 4.83 Å². The first-order valence-corrected chi connectivity index (χ1v) is 9.50. The van der Waals surface area contributed by atoms with E-state index in [1.165, 1.54) is 25.1 Å². The number of carbonyl (C=O) groups is 2. The summed E-state index contributed by atoms with van der Waals surface area (Å²) in [6.45, 7) is -1.56. The van der Waals surface area contributed by atoms with Crippen LogP contribution >= 0.6 is 11.3 Å². The molecule has 164 valence electrons. The highest BCUT2D eigenvalue weighted by Crippen LogP contribution is 2.36. The molecule has 0 fully saturated rings. The number of fused-ring (bicyclic) bond motifs is 1. The summed E-state index contributed by atoms with van der Waals surface area (Å²) in [5.41, 5.74) is -0.179. The molecule has 0 aliphatic rings. The molecular weight excluding hydrogens is 436 g/mol. The predicted molar refractivity (Wildman–Crippen MR) is 109 cm³/mol. The van der Waals surface area contributed by atoms with Crippen LogP contribution in [0.25, 0.3) is 10.2 Å². The summed E-state index contributed by atoms with van der Waals surface area (Å²) in [5, 5.41) is 2.79. The van der Waals surface area contributed by atoms with Crippen LogP contribution in [0.15, 0.2) is 23.3 Å². The normalized spacial score (nSPS) is 10.9. The van der Waals surface area contributed by atoms with E-state index in [1.807, 2.05) is 0 Å². The number of ether oxygens (including phenoxy) is 3. The highest BCUT2D eigenvalue weighted by molar-refractivity contribution is 7.20. The Hall–Kier alpha value is -3.54. The smallest absolute Gasteiger partial charge is 0.387 e. The van der Waals surface area contributed by atoms with E-state index in [0.717, 1.165) is 30.6 Å². The Balaban J connectivity index is 2.08. The van der Waals surface area contributed by atoms with Gasteiger partial charge in [-0.15, -0.1) is 11.3 Å². The molecule has 0 aliphatic heterocycles.